The fourth-order valence-electron chi connectivity index (χ4n) is 4.50. The lowest BCUT2D eigenvalue weighted by Gasteiger charge is -2.32. The van der Waals surface area contributed by atoms with Gasteiger partial charge in [0, 0.05) is 5.92 Å². The molecule has 0 aromatic carbocycles. The molecule has 1 saturated heterocycles. The maximum atomic E-state index is 5.47. The zero-order valence-corrected chi connectivity index (χ0v) is 12.2. The summed E-state index contributed by atoms with van der Waals surface area (Å²) in [4.78, 5) is 3.54. The van der Waals surface area contributed by atoms with Crippen molar-refractivity contribution in [1.82, 2.24) is 0 Å². The van der Waals surface area contributed by atoms with Gasteiger partial charge in [0.25, 0.3) is 0 Å². The zero-order valence-electron chi connectivity index (χ0n) is 12.2. The molecule has 1 aromatic heterocycles. The molecule has 1 aliphatic heterocycles. The lowest BCUT2D eigenvalue weighted by Crippen LogP contribution is -3.27. The van der Waals surface area contributed by atoms with Crippen LogP contribution in [-0.2, 0) is 6.54 Å². The van der Waals surface area contributed by atoms with Crippen molar-refractivity contribution >= 4 is 0 Å². The minimum absolute atomic E-state index is 0.918. The lowest BCUT2D eigenvalue weighted by molar-refractivity contribution is -1.02. The second-order valence-corrected chi connectivity index (χ2v) is 7.00. The molecule has 2 heterocycles. The monoisotopic (exact) mass is 274 g/mol. The van der Waals surface area contributed by atoms with Crippen molar-refractivity contribution in [2.24, 2.45) is 17.8 Å². The van der Waals surface area contributed by atoms with Crippen molar-refractivity contribution in [3.8, 4) is 0 Å². The molecule has 2 fully saturated rings. The van der Waals surface area contributed by atoms with E-state index < -0.39 is 0 Å². The molecule has 108 valence electrons. The number of quaternary nitrogens is 2. The van der Waals surface area contributed by atoms with E-state index in [0.29, 0.717) is 0 Å². The first kappa shape index (κ1) is 12.7. The van der Waals surface area contributed by atoms with E-state index in [0.717, 1.165) is 30.1 Å². The largest absolute Gasteiger partial charge is 0.463 e. The predicted molar refractivity (Wildman–Crippen MR) is 77.5 cm³/mol. The van der Waals surface area contributed by atoms with Crippen molar-refractivity contribution in [2.75, 3.05) is 32.7 Å². The number of nitrogens with one attached hydrogen (secondary N) is 2. The van der Waals surface area contributed by atoms with Crippen LogP contribution in [0.25, 0.3) is 0 Å². The Morgan fingerprint density at radius 3 is 2.55 bits per heavy atom. The highest BCUT2D eigenvalue weighted by Crippen LogP contribution is 2.42. The minimum Gasteiger partial charge on any atom is -0.463 e. The van der Waals surface area contributed by atoms with Gasteiger partial charge in [-0.15, -0.1) is 0 Å². The Morgan fingerprint density at radius 1 is 1.05 bits per heavy atom. The Hall–Kier alpha value is -1.06. The van der Waals surface area contributed by atoms with Gasteiger partial charge >= 0.3 is 0 Å². The van der Waals surface area contributed by atoms with Crippen molar-refractivity contribution in [2.45, 2.75) is 19.4 Å². The van der Waals surface area contributed by atoms with Crippen molar-refractivity contribution in [3.05, 3.63) is 36.3 Å². The van der Waals surface area contributed by atoms with Crippen LogP contribution in [0.5, 0.6) is 0 Å². The summed E-state index contributed by atoms with van der Waals surface area (Å²) in [5.41, 5.74) is 0. The van der Waals surface area contributed by atoms with Gasteiger partial charge in [0.2, 0.25) is 0 Å². The number of piperazine rings is 1. The number of fused-ring (bicyclic) bond motifs is 2. The first-order chi connectivity index (χ1) is 9.87. The Bertz CT molecular complexity index is 459. The van der Waals surface area contributed by atoms with Gasteiger partial charge < -0.3 is 14.2 Å². The van der Waals surface area contributed by atoms with Crippen LogP contribution in [0, 0.1) is 17.8 Å². The summed E-state index contributed by atoms with van der Waals surface area (Å²) in [5, 5.41) is 0. The Labute approximate surface area is 121 Å². The number of rotatable bonds is 4. The quantitative estimate of drug-likeness (QED) is 0.728. The molecule has 0 unspecified atom stereocenters. The smallest absolute Gasteiger partial charge is 0.157 e. The number of hydrogen-bond acceptors (Lipinski definition) is 1. The highest BCUT2D eigenvalue weighted by Gasteiger charge is 2.38. The van der Waals surface area contributed by atoms with E-state index in [4.69, 9.17) is 4.42 Å². The van der Waals surface area contributed by atoms with E-state index in [-0.39, 0.29) is 0 Å². The van der Waals surface area contributed by atoms with Gasteiger partial charge in [0.15, 0.2) is 5.76 Å². The van der Waals surface area contributed by atoms with Crippen LogP contribution in [0.15, 0.2) is 35.0 Å². The third kappa shape index (κ3) is 2.57. The molecule has 3 heteroatoms. The number of furan rings is 1. The van der Waals surface area contributed by atoms with Gasteiger partial charge in [-0.05, 0) is 36.8 Å². The third-order valence-electron chi connectivity index (χ3n) is 5.64. The summed E-state index contributed by atoms with van der Waals surface area (Å²) < 4.78 is 5.47. The molecule has 3 nitrogen and oxygen atoms in total. The average molecular weight is 274 g/mol. The van der Waals surface area contributed by atoms with E-state index in [1.165, 1.54) is 45.6 Å². The van der Waals surface area contributed by atoms with Crippen LogP contribution in [0.4, 0.5) is 0 Å². The summed E-state index contributed by atoms with van der Waals surface area (Å²) in [6.07, 6.45) is 9.67. The SMILES string of the molecule is C1=C[C@H]2C[C@H]1C[C@H]2C[NH+]1CC[NH+](Cc2ccco2)CC1. The predicted octanol–water partition coefficient (Wildman–Crippen LogP) is -0.225. The third-order valence-corrected chi connectivity index (χ3v) is 5.64. The van der Waals surface area contributed by atoms with Crippen LogP contribution in [-0.4, -0.2) is 32.7 Å². The fourth-order valence-corrected chi connectivity index (χ4v) is 4.50. The van der Waals surface area contributed by atoms with E-state index in [1.54, 1.807) is 11.2 Å². The van der Waals surface area contributed by atoms with Crippen LogP contribution in [0.2, 0.25) is 0 Å². The van der Waals surface area contributed by atoms with Gasteiger partial charge in [-0.3, -0.25) is 0 Å². The molecule has 4 rings (SSSR count). The van der Waals surface area contributed by atoms with Gasteiger partial charge in [-0.25, -0.2) is 0 Å². The molecule has 3 atom stereocenters. The highest BCUT2D eigenvalue weighted by molar-refractivity contribution is 5.09. The fraction of sp³-hybridized carbons (Fsp3) is 0.647. The van der Waals surface area contributed by atoms with Crippen LogP contribution >= 0.6 is 0 Å². The molecule has 0 spiro atoms. The normalized spacial score (nSPS) is 39.5. The molecule has 2 aliphatic carbocycles. The molecule has 20 heavy (non-hydrogen) atoms. The number of hydrogen-bond donors (Lipinski definition) is 2. The molecular formula is C17H26N2O+2. The van der Waals surface area contributed by atoms with Gasteiger partial charge in [-0.2, -0.15) is 0 Å². The van der Waals surface area contributed by atoms with Crippen molar-refractivity contribution in [1.29, 1.82) is 0 Å². The van der Waals surface area contributed by atoms with Crippen molar-refractivity contribution in [3.63, 3.8) is 0 Å². The topological polar surface area (TPSA) is 22.0 Å². The number of allylic oxidation sites excluding steroid dienone is 2. The highest BCUT2D eigenvalue weighted by atomic mass is 16.3. The maximum absolute atomic E-state index is 5.47. The lowest BCUT2D eigenvalue weighted by atomic mass is 9.93. The van der Waals surface area contributed by atoms with E-state index in [2.05, 4.69) is 18.2 Å². The maximum Gasteiger partial charge on any atom is 0.157 e. The Balaban J connectivity index is 1.24. The first-order valence-electron chi connectivity index (χ1n) is 8.24. The zero-order chi connectivity index (χ0) is 13.4. The molecule has 2 N–H and O–H groups in total. The van der Waals surface area contributed by atoms with Crippen LogP contribution in [0.1, 0.15) is 18.6 Å². The van der Waals surface area contributed by atoms with Crippen molar-refractivity contribution < 1.29 is 14.2 Å². The Morgan fingerprint density at radius 2 is 1.90 bits per heavy atom. The van der Waals surface area contributed by atoms with Gasteiger partial charge in [-0.1, -0.05) is 12.2 Å². The molecule has 2 bridgehead atoms. The summed E-state index contributed by atoms with van der Waals surface area (Å²) in [7, 11) is 0. The molecule has 0 amide bonds. The molecule has 1 aromatic rings. The second kappa shape index (κ2) is 5.38. The standard InChI is InChI=1S/C17H24N2O/c1-2-17(20-9-1)13-19-7-5-18(6-8-19)12-16-11-14-3-4-15(16)10-14/h1-4,9,14-16H,5-8,10-13H2/p+2/t14-,15-,16-/m0/s1. The molecular weight excluding hydrogens is 248 g/mol. The summed E-state index contributed by atoms with van der Waals surface area (Å²) in [5.74, 6) is 3.96. The van der Waals surface area contributed by atoms with Crippen LogP contribution < -0.4 is 9.80 Å². The summed E-state index contributed by atoms with van der Waals surface area (Å²) in [6.45, 7) is 7.76. The minimum atomic E-state index is 0.918. The molecule has 1 saturated carbocycles. The van der Waals surface area contributed by atoms with Crippen LogP contribution in [0.3, 0.4) is 0 Å². The van der Waals surface area contributed by atoms with Gasteiger partial charge in [0.05, 0.1) is 12.8 Å². The summed E-state index contributed by atoms with van der Waals surface area (Å²) in [6, 6.07) is 4.10. The Kier molecular flexibility index (Phi) is 3.41. The summed E-state index contributed by atoms with van der Waals surface area (Å²) >= 11 is 0. The van der Waals surface area contributed by atoms with E-state index in [1.807, 2.05) is 11.0 Å². The van der Waals surface area contributed by atoms with E-state index >= 15 is 0 Å². The first-order valence-corrected chi connectivity index (χ1v) is 8.24. The van der Waals surface area contributed by atoms with Gasteiger partial charge in [0.1, 0.15) is 32.7 Å². The van der Waals surface area contributed by atoms with E-state index in [9.17, 15) is 0 Å². The molecule has 3 aliphatic rings. The molecule has 0 radical (unpaired) electrons. The average Bonchev–Trinajstić information content (AvgIpc) is 3.18. The second-order valence-electron chi connectivity index (χ2n) is 7.00.